The highest BCUT2D eigenvalue weighted by atomic mass is 32.2. The molecule has 1 amide bonds. The van der Waals surface area contributed by atoms with Crippen molar-refractivity contribution < 1.29 is 17.6 Å². The van der Waals surface area contributed by atoms with Crippen molar-refractivity contribution in [3.8, 4) is 0 Å². The van der Waals surface area contributed by atoms with Gasteiger partial charge in [0.2, 0.25) is 15.9 Å². The van der Waals surface area contributed by atoms with Crippen molar-refractivity contribution in [1.29, 1.82) is 0 Å². The summed E-state index contributed by atoms with van der Waals surface area (Å²) in [7, 11) is -3.43. The fraction of sp³-hybridized carbons (Fsp3) is 0.409. The molecule has 0 atom stereocenters. The van der Waals surface area contributed by atoms with Crippen LogP contribution in [-0.4, -0.2) is 38.3 Å². The van der Waals surface area contributed by atoms with E-state index in [4.69, 9.17) is 0 Å². The van der Waals surface area contributed by atoms with Crippen LogP contribution >= 0.6 is 0 Å². The Hall–Kier alpha value is -2.25. The third-order valence-electron chi connectivity index (χ3n) is 5.19. The molecule has 2 aromatic rings. The summed E-state index contributed by atoms with van der Waals surface area (Å²) in [6.07, 6.45) is 4.16. The van der Waals surface area contributed by atoms with Crippen LogP contribution in [0.25, 0.3) is 0 Å². The molecule has 0 radical (unpaired) electrons. The first-order chi connectivity index (χ1) is 14.0. The van der Waals surface area contributed by atoms with E-state index in [1.807, 2.05) is 0 Å². The molecule has 1 fully saturated rings. The quantitative estimate of drug-likeness (QED) is 0.715. The topological polar surface area (TPSA) is 66.5 Å². The maximum absolute atomic E-state index is 13.6. The molecule has 0 aromatic heterocycles. The number of nitrogens with zero attached hydrogens (tertiary/aromatic N) is 1. The van der Waals surface area contributed by atoms with Crippen LogP contribution in [0, 0.1) is 5.82 Å². The van der Waals surface area contributed by atoms with Gasteiger partial charge in [0.05, 0.1) is 4.90 Å². The van der Waals surface area contributed by atoms with Gasteiger partial charge in [-0.2, -0.15) is 4.31 Å². The summed E-state index contributed by atoms with van der Waals surface area (Å²) in [4.78, 5) is 12.3. The van der Waals surface area contributed by atoms with Gasteiger partial charge in [0.15, 0.2) is 0 Å². The molecule has 1 aliphatic rings. The molecule has 7 heteroatoms. The predicted molar refractivity (Wildman–Crippen MR) is 110 cm³/mol. The van der Waals surface area contributed by atoms with Crippen molar-refractivity contribution >= 4 is 15.9 Å². The summed E-state index contributed by atoms with van der Waals surface area (Å²) in [6.45, 7) is 1.54. The van der Waals surface area contributed by atoms with Gasteiger partial charge in [-0.15, -0.1) is 0 Å². The smallest absolute Gasteiger partial charge is 0.243 e. The largest absolute Gasteiger partial charge is 0.356 e. The van der Waals surface area contributed by atoms with Crippen LogP contribution in [-0.2, 0) is 27.7 Å². The van der Waals surface area contributed by atoms with Gasteiger partial charge >= 0.3 is 0 Å². The molecule has 1 heterocycles. The van der Waals surface area contributed by atoms with Crippen LogP contribution < -0.4 is 5.32 Å². The normalized spacial score (nSPS) is 15.2. The Morgan fingerprint density at radius 3 is 2.34 bits per heavy atom. The summed E-state index contributed by atoms with van der Waals surface area (Å²) in [5.74, 6) is -0.368. The van der Waals surface area contributed by atoms with Gasteiger partial charge in [-0.1, -0.05) is 36.8 Å². The molecule has 5 nitrogen and oxygen atoms in total. The maximum Gasteiger partial charge on any atom is 0.243 e. The lowest BCUT2D eigenvalue weighted by Crippen LogP contribution is -2.35. The molecular formula is C22H27FN2O3S. The Morgan fingerprint density at radius 1 is 0.966 bits per heavy atom. The third kappa shape index (κ3) is 5.87. The van der Waals surface area contributed by atoms with Crippen LogP contribution in [0.1, 0.15) is 36.8 Å². The van der Waals surface area contributed by atoms with E-state index in [9.17, 15) is 17.6 Å². The van der Waals surface area contributed by atoms with E-state index < -0.39 is 10.0 Å². The van der Waals surface area contributed by atoms with E-state index in [1.165, 1.54) is 6.07 Å². The SMILES string of the molecule is O=C(CCc1ccc(S(=O)(=O)N2CCCCC2)cc1)NCCc1ccccc1F. The lowest BCUT2D eigenvalue weighted by Gasteiger charge is -2.25. The Morgan fingerprint density at radius 2 is 1.66 bits per heavy atom. The first-order valence-electron chi connectivity index (χ1n) is 10.1. The fourth-order valence-corrected chi connectivity index (χ4v) is 4.98. The molecule has 3 rings (SSSR count). The van der Waals surface area contributed by atoms with Gasteiger partial charge in [-0.3, -0.25) is 4.79 Å². The predicted octanol–water partition coefficient (Wildman–Crippen LogP) is 3.29. The van der Waals surface area contributed by atoms with Crippen molar-refractivity contribution in [1.82, 2.24) is 9.62 Å². The van der Waals surface area contributed by atoms with Crippen molar-refractivity contribution in [2.24, 2.45) is 0 Å². The number of nitrogens with one attached hydrogen (secondary N) is 1. The standard InChI is InChI=1S/C22H27FN2O3S/c23-21-7-3-2-6-19(21)14-15-24-22(26)13-10-18-8-11-20(12-9-18)29(27,28)25-16-4-1-5-17-25/h2-3,6-9,11-12H,1,4-5,10,13-17H2,(H,24,26). The van der Waals surface area contributed by atoms with Gasteiger partial charge in [0.25, 0.3) is 0 Å². The molecule has 0 bridgehead atoms. The second-order valence-electron chi connectivity index (χ2n) is 7.30. The molecule has 29 heavy (non-hydrogen) atoms. The van der Waals surface area contributed by atoms with E-state index in [0.717, 1.165) is 24.8 Å². The highest BCUT2D eigenvalue weighted by Crippen LogP contribution is 2.21. The van der Waals surface area contributed by atoms with Crippen molar-refractivity contribution in [2.75, 3.05) is 19.6 Å². The van der Waals surface area contributed by atoms with Crippen LogP contribution in [0.4, 0.5) is 4.39 Å². The zero-order chi connectivity index (χ0) is 20.7. The first kappa shape index (κ1) is 21.5. The average Bonchev–Trinajstić information content (AvgIpc) is 2.74. The second kappa shape index (κ2) is 9.98. The van der Waals surface area contributed by atoms with E-state index in [2.05, 4.69) is 5.32 Å². The first-order valence-corrected chi connectivity index (χ1v) is 11.5. The molecular weight excluding hydrogens is 391 g/mol. The number of halogens is 1. The molecule has 1 N–H and O–H groups in total. The lowest BCUT2D eigenvalue weighted by molar-refractivity contribution is -0.121. The maximum atomic E-state index is 13.6. The van der Waals surface area contributed by atoms with Crippen LogP contribution in [0.2, 0.25) is 0 Å². The second-order valence-corrected chi connectivity index (χ2v) is 9.24. The molecule has 0 unspecified atom stereocenters. The number of amides is 1. The number of piperidine rings is 1. The Bertz CT molecular complexity index is 923. The molecule has 0 saturated carbocycles. The fourth-order valence-electron chi connectivity index (χ4n) is 3.47. The Kier molecular flexibility index (Phi) is 7.39. The molecule has 0 spiro atoms. The van der Waals surface area contributed by atoms with Gasteiger partial charge in [-0.25, -0.2) is 12.8 Å². The van der Waals surface area contributed by atoms with Gasteiger partial charge in [-0.05, 0) is 55.0 Å². The zero-order valence-corrected chi connectivity index (χ0v) is 17.3. The number of hydrogen-bond donors (Lipinski definition) is 1. The zero-order valence-electron chi connectivity index (χ0n) is 16.4. The number of benzene rings is 2. The highest BCUT2D eigenvalue weighted by molar-refractivity contribution is 7.89. The number of sulfonamides is 1. The summed E-state index contributed by atoms with van der Waals surface area (Å²) < 4.78 is 40.4. The molecule has 1 aliphatic heterocycles. The van der Waals surface area contributed by atoms with Crippen LogP contribution in [0.15, 0.2) is 53.4 Å². The van der Waals surface area contributed by atoms with Crippen molar-refractivity contribution in [3.05, 3.63) is 65.5 Å². The van der Waals surface area contributed by atoms with Crippen molar-refractivity contribution in [3.63, 3.8) is 0 Å². The Labute approximate surface area is 172 Å². The van der Waals surface area contributed by atoms with Gasteiger partial charge in [0.1, 0.15) is 5.82 Å². The summed E-state index contributed by atoms with van der Waals surface area (Å²) in [5.41, 5.74) is 1.49. The molecule has 0 aliphatic carbocycles. The summed E-state index contributed by atoms with van der Waals surface area (Å²) in [5, 5.41) is 2.80. The van der Waals surface area contributed by atoms with Gasteiger partial charge < -0.3 is 5.32 Å². The number of carbonyl (C=O) groups excluding carboxylic acids is 1. The van der Waals surface area contributed by atoms with Crippen molar-refractivity contribution in [2.45, 2.75) is 43.4 Å². The van der Waals surface area contributed by atoms with Gasteiger partial charge in [0, 0.05) is 26.1 Å². The molecule has 156 valence electrons. The van der Waals surface area contributed by atoms with Crippen LogP contribution in [0.5, 0.6) is 0 Å². The van der Waals surface area contributed by atoms with E-state index in [0.29, 0.717) is 49.4 Å². The third-order valence-corrected chi connectivity index (χ3v) is 7.10. The number of carbonyl (C=O) groups is 1. The average molecular weight is 419 g/mol. The minimum Gasteiger partial charge on any atom is -0.356 e. The monoisotopic (exact) mass is 418 g/mol. The number of hydrogen-bond acceptors (Lipinski definition) is 3. The molecule has 2 aromatic carbocycles. The highest BCUT2D eigenvalue weighted by Gasteiger charge is 2.25. The van der Waals surface area contributed by atoms with Crippen LogP contribution in [0.3, 0.4) is 0 Å². The summed E-state index contributed by atoms with van der Waals surface area (Å²) >= 11 is 0. The Balaban J connectivity index is 1.46. The van der Waals surface area contributed by atoms with E-state index in [-0.39, 0.29) is 11.7 Å². The summed E-state index contributed by atoms with van der Waals surface area (Å²) in [6, 6.07) is 13.3. The number of aryl methyl sites for hydroxylation is 1. The molecule has 1 saturated heterocycles. The minimum atomic E-state index is -3.43. The van der Waals surface area contributed by atoms with E-state index in [1.54, 1.807) is 46.8 Å². The minimum absolute atomic E-state index is 0.105. The van der Waals surface area contributed by atoms with E-state index >= 15 is 0 Å². The number of rotatable bonds is 8. The lowest BCUT2D eigenvalue weighted by atomic mass is 10.1.